The van der Waals surface area contributed by atoms with Crippen LogP contribution in [0.5, 0.6) is 0 Å². The largest absolute Gasteiger partial charge is 0.353 e. The average Bonchev–Trinajstić information content (AvgIpc) is 3.20. The molecule has 3 heterocycles. The van der Waals surface area contributed by atoms with E-state index in [1.54, 1.807) is 6.20 Å². The highest BCUT2D eigenvalue weighted by Gasteiger charge is 2.23. The molecule has 1 saturated heterocycles. The number of nitrogens with zero attached hydrogens (tertiary/aromatic N) is 3. The first-order chi connectivity index (χ1) is 11.3. The zero-order valence-corrected chi connectivity index (χ0v) is 14.0. The van der Waals surface area contributed by atoms with Crippen LogP contribution in [0.3, 0.4) is 0 Å². The topological polar surface area (TPSA) is 49.2 Å². The maximum Gasteiger partial charge on any atom is 0.224 e. The van der Waals surface area contributed by atoms with Crippen molar-refractivity contribution >= 4 is 22.6 Å². The van der Waals surface area contributed by atoms with Crippen molar-refractivity contribution < 1.29 is 9.47 Å². The van der Waals surface area contributed by atoms with E-state index in [4.69, 9.17) is 21.1 Å². The third kappa shape index (κ3) is 3.23. The van der Waals surface area contributed by atoms with E-state index in [0.717, 1.165) is 36.2 Å². The minimum Gasteiger partial charge on any atom is -0.353 e. The molecule has 4 rings (SSSR count). The Bertz CT molecular complexity index is 676. The Morgan fingerprint density at radius 3 is 2.83 bits per heavy atom. The smallest absolute Gasteiger partial charge is 0.224 e. The van der Waals surface area contributed by atoms with Gasteiger partial charge in [0.15, 0.2) is 6.29 Å². The first-order valence-corrected chi connectivity index (χ1v) is 8.94. The van der Waals surface area contributed by atoms with Gasteiger partial charge in [-0.05, 0) is 49.8 Å². The lowest BCUT2D eigenvalue weighted by Crippen LogP contribution is -2.23. The quantitative estimate of drug-likeness (QED) is 0.784. The highest BCUT2D eigenvalue weighted by Crippen LogP contribution is 2.34. The lowest BCUT2D eigenvalue weighted by molar-refractivity contribution is -0.169. The van der Waals surface area contributed by atoms with Gasteiger partial charge in [-0.1, -0.05) is 12.8 Å². The van der Waals surface area contributed by atoms with Gasteiger partial charge < -0.3 is 14.0 Å². The Kier molecular flexibility index (Phi) is 4.51. The number of rotatable bonds is 4. The Morgan fingerprint density at radius 1 is 1.22 bits per heavy atom. The Hall–Kier alpha value is -1.17. The lowest BCUT2D eigenvalue weighted by atomic mass is 10.2. The third-order valence-corrected chi connectivity index (χ3v) is 5.05. The second-order valence-corrected chi connectivity index (χ2v) is 6.81. The molecule has 6 heteroatoms. The minimum absolute atomic E-state index is 0.0755. The molecule has 0 amide bonds. The fourth-order valence-electron chi connectivity index (χ4n) is 3.74. The molecule has 2 aromatic rings. The third-order valence-electron chi connectivity index (χ3n) is 4.87. The van der Waals surface area contributed by atoms with Crippen LogP contribution in [0.4, 0.5) is 0 Å². The summed E-state index contributed by atoms with van der Waals surface area (Å²) in [7, 11) is 0. The predicted molar refractivity (Wildman–Crippen MR) is 88.4 cm³/mol. The summed E-state index contributed by atoms with van der Waals surface area (Å²) in [6.45, 7) is 1.35. The molecule has 1 unspecified atom stereocenters. The van der Waals surface area contributed by atoms with Gasteiger partial charge in [-0.3, -0.25) is 0 Å². The Balaban J connectivity index is 1.62. The summed E-state index contributed by atoms with van der Waals surface area (Å²) in [5.41, 5.74) is 2.08. The Labute approximate surface area is 141 Å². The van der Waals surface area contributed by atoms with Crippen LogP contribution in [0.2, 0.25) is 5.28 Å². The van der Waals surface area contributed by atoms with Crippen LogP contribution >= 0.6 is 11.6 Å². The summed E-state index contributed by atoms with van der Waals surface area (Å²) in [6.07, 6.45) is 9.95. The summed E-state index contributed by atoms with van der Waals surface area (Å²) in [4.78, 5) is 8.58. The molecule has 0 spiro atoms. The zero-order valence-electron chi connectivity index (χ0n) is 13.2. The van der Waals surface area contributed by atoms with Crippen molar-refractivity contribution in [1.82, 2.24) is 14.5 Å². The molecule has 0 radical (unpaired) electrons. The molecule has 1 saturated carbocycles. The number of halogens is 1. The van der Waals surface area contributed by atoms with Gasteiger partial charge in [0, 0.05) is 29.9 Å². The normalized spacial score (nSPS) is 22.9. The van der Waals surface area contributed by atoms with Gasteiger partial charge in [0.1, 0.15) is 5.65 Å². The van der Waals surface area contributed by atoms with E-state index in [1.807, 2.05) is 0 Å². The van der Waals surface area contributed by atoms with Gasteiger partial charge in [-0.2, -0.15) is 4.98 Å². The number of aromatic nitrogens is 3. The predicted octanol–water partition coefficient (Wildman–Crippen LogP) is 4.24. The SMILES string of the molecule is Clc1ncc2cc(COC3CCCCO3)n(C3CCCC3)c2n1. The summed E-state index contributed by atoms with van der Waals surface area (Å²) in [5.74, 6) is 0. The lowest BCUT2D eigenvalue weighted by Gasteiger charge is -2.24. The van der Waals surface area contributed by atoms with E-state index >= 15 is 0 Å². The van der Waals surface area contributed by atoms with Gasteiger partial charge in [0.2, 0.25) is 5.28 Å². The van der Waals surface area contributed by atoms with Crippen molar-refractivity contribution in [3.8, 4) is 0 Å². The number of hydrogen-bond acceptors (Lipinski definition) is 4. The van der Waals surface area contributed by atoms with E-state index in [-0.39, 0.29) is 6.29 Å². The maximum atomic E-state index is 6.02. The van der Waals surface area contributed by atoms with Gasteiger partial charge in [0.25, 0.3) is 0 Å². The highest BCUT2D eigenvalue weighted by molar-refractivity contribution is 6.28. The summed E-state index contributed by atoms with van der Waals surface area (Å²) in [6, 6.07) is 2.62. The van der Waals surface area contributed by atoms with Crippen molar-refractivity contribution in [3.05, 3.63) is 23.2 Å². The van der Waals surface area contributed by atoms with Crippen LogP contribution in [-0.4, -0.2) is 27.4 Å². The first-order valence-electron chi connectivity index (χ1n) is 8.57. The molecule has 0 aromatic carbocycles. The van der Waals surface area contributed by atoms with Gasteiger partial charge in [-0.25, -0.2) is 4.98 Å². The van der Waals surface area contributed by atoms with Gasteiger partial charge in [0.05, 0.1) is 6.61 Å². The number of ether oxygens (including phenoxy) is 2. The van der Waals surface area contributed by atoms with E-state index in [9.17, 15) is 0 Å². The molecule has 1 atom stereocenters. The van der Waals surface area contributed by atoms with Crippen LogP contribution in [0.25, 0.3) is 11.0 Å². The molecule has 23 heavy (non-hydrogen) atoms. The fourth-order valence-corrected chi connectivity index (χ4v) is 3.87. The second-order valence-electron chi connectivity index (χ2n) is 6.47. The van der Waals surface area contributed by atoms with Crippen molar-refractivity contribution in [1.29, 1.82) is 0 Å². The highest BCUT2D eigenvalue weighted by atomic mass is 35.5. The molecule has 2 aromatic heterocycles. The molecule has 1 aliphatic carbocycles. The van der Waals surface area contributed by atoms with Crippen LogP contribution in [0.15, 0.2) is 12.3 Å². The zero-order chi connectivity index (χ0) is 15.6. The molecular formula is C17H22ClN3O2. The first kappa shape index (κ1) is 15.4. The van der Waals surface area contributed by atoms with Crippen molar-refractivity contribution in [2.75, 3.05) is 6.61 Å². The second kappa shape index (κ2) is 6.75. The van der Waals surface area contributed by atoms with Crippen molar-refractivity contribution in [3.63, 3.8) is 0 Å². The van der Waals surface area contributed by atoms with E-state index < -0.39 is 0 Å². The summed E-state index contributed by atoms with van der Waals surface area (Å²) in [5, 5.41) is 1.34. The molecule has 5 nitrogen and oxygen atoms in total. The molecular weight excluding hydrogens is 314 g/mol. The van der Waals surface area contributed by atoms with Crippen LogP contribution in [0.1, 0.15) is 56.7 Å². The fraction of sp³-hybridized carbons (Fsp3) is 0.647. The average molecular weight is 336 g/mol. The van der Waals surface area contributed by atoms with Crippen LogP contribution < -0.4 is 0 Å². The standard InChI is InChI=1S/C17H22ClN3O2/c18-17-19-10-12-9-14(11-23-15-7-3-4-8-22-15)21(16(12)20-17)13-5-1-2-6-13/h9-10,13,15H,1-8,11H2. The Morgan fingerprint density at radius 2 is 2.04 bits per heavy atom. The molecule has 2 fully saturated rings. The van der Waals surface area contributed by atoms with Crippen molar-refractivity contribution in [2.24, 2.45) is 0 Å². The maximum absolute atomic E-state index is 6.02. The molecule has 2 aliphatic rings. The monoisotopic (exact) mass is 335 g/mol. The van der Waals surface area contributed by atoms with Crippen LogP contribution in [0, 0.1) is 0 Å². The van der Waals surface area contributed by atoms with Gasteiger partial charge in [-0.15, -0.1) is 0 Å². The van der Waals surface area contributed by atoms with Crippen LogP contribution in [-0.2, 0) is 16.1 Å². The minimum atomic E-state index is -0.0755. The summed E-state index contributed by atoms with van der Waals surface area (Å²) >= 11 is 6.02. The van der Waals surface area contributed by atoms with Gasteiger partial charge >= 0.3 is 0 Å². The number of fused-ring (bicyclic) bond motifs is 1. The number of hydrogen-bond donors (Lipinski definition) is 0. The van der Waals surface area contributed by atoms with E-state index in [1.165, 1.54) is 32.1 Å². The molecule has 124 valence electrons. The molecule has 1 aliphatic heterocycles. The summed E-state index contributed by atoms with van der Waals surface area (Å²) < 4.78 is 14.0. The van der Waals surface area contributed by atoms with E-state index in [2.05, 4.69) is 20.6 Å². The molecule has 0 N–H and O–H groups in total. The van der Waals surface area contributed by atoms with E-state index in [0.29, 0.717) is 17.9 Å². The molecule has 0 bridgehead atoms. The van der Waals surface area contributed by atoms with Crippen molar-refractivity contribution in [2.45, 2.75) is 63.9 Å².